The summed E-state index contributed by atoms with van der Waals surface area (Å²) in [5.74, 6) is 0. The molecule has 0 atom stereocenters. The van der Waals surface area contributed by atoms with E-state index in [1.807, 2.05) is 109 Å². The largest absolute Gasteiger partial charge is 0.258 e. The summed E-state index contributed by atoms with van der Waals surface area (Å²) in [6.45, 7) is -2.96. The van der Waals surface area contributed by atoms with Crippen molar-refractivity contribution in [2.24, 2.45) is 0 Å². The zero-order valence-electron chi connectivity index (χ0n) is 22.1. The van der Waals surface area contributed by atoms with Gasteiger partial charge in [-0.1, -0.05) is 146 Å². The van der Waals surface area contributed by atoms with Gasteiger partial charge in [-0.05, 0) is 52.3 Å². The predicted molar refractivity (Wildman–Crippen MR) is 176 cm³/mol. The first-order chi connectivity index (χ1) is 19.8. The summed E-state index contributed by atoms with van der Waals surface area (Å²) in [4.78, 5) is 0. The third-order valence-electron chi connectivity index (χ3n) is 7.41. The van der Waals surface area contributed by atoms with Crippen molar-refractivity contribution in [3.05, 3.63) is 182 Å². The lowest BCUT2D eigenvalue weighted by Crippen LogP contribution is -2.39. The van der Waals surface area contributed by atoms with Crippen LogP contribution in [-0.2, 0) is 0 Å². The van der Waals surface area contributed by atoms with Crippen molar-refractivity contribution in [3.63, 3.8) is 0 Å². The second-order valence-corrected chi connectivity index (χ2v) is 16.5. The molecule has 0 saturated heterocycles. The molecule has 3 heteroatoms. The molecule has 0 bridgehead atoms. The van der Waals surface area contributed by atoms with Gasteiger partial charge in [0.15, 0.2) is 7.26 Å². The van der Waals surface area contributed by atoms with E-state index in [0.29, 0.717) is 0 Å². The normalized spacial score (nSPS) is 11.6. The zero-order valence-corrected chi connectivity index (χ0v) is 23.9. The second-order valence-electron chi connectivity index (χ2n) is 9.62. The molecule has 0 heterocycles. The Morgan fingerprint density at radius 2 is 0.575 bits per heavy atom. The molecule has 0 unspecified atom stereocenters. The quantitative estimate of drug-likeness (QED) is 0.186. The second kappa shape index (κ2) is 11.6. The summed E-state index contributed by atoms with van der Waals surface area (Å²) in [6, 6.07) is 61.9. The topological polar surface area (TPSA) is 0 Å². The van der Waals surface area contributed by atoms with E-state index in [9.17, 15) is 0 Å². The summed E-state index contributed by atoms with van der Waals surface area (Å²) in [6.07, 6.45) is 0. The van der Waals surface area contributed by atoms with Crippen LogP contribution in [0, 0.1) is 0 Å². The first-order valence-corrected chi connectivity index (χ1v) is 17.0. The van der Waals surface area contributed by atoms with Gasteiger partial charge in [0.2, 0.25) is 0 Å². The Hall–Kier alpha value is -4.02. The van der Waals surface area contributed by atoms with Gasteiger partial charge in [-0.25, -0.2) is 0 Å². The Labute approximate surface area is 237 Å². The molecule has 194 valence electrons. The predicted octanol–water partition coefficient (Wildman–Crippen LogP) is 7.03. The Kier molecular flexibility index (Phi) is 7.61. The van der Waals surface area contributed by atoms with E-state index in [2.05, 4.69) is 72.8 Å². The van der Waals surface area contributed by atoms with Crippen LogP contribution in [0.2, 0.25) is 0 Å². The molecule has 6 rings (SSSR count). The van der Waals surface area contributed by atoms with Crippen LogP contribution >= 0.6 is 14.1 Å². The van der Waals surface area contributed by atoms with Crippen LogP contribution in [0.4, 0.5) is 4.39 Å². The highest BCUT2D eigenvalue weighted by Gasteiger charge is 2.55. The summed E-state index contributed by atoms with van der Waals surface area (Å²) in [7, 11) is -2.96. The molecule has 0 aromatic heterocycles. The molecule has 6 aromatic carbocycles. The van der Waals surface area contributed by atoms with Gasteiger partial charge in [0.25, 0.3) is 5.29 Å². The lowest BCUT2D eigenvalue weighted by atomic mass is 10.4. The molecule has 6 aromatic rings. The highest BCUT2D eigenvalue weighted by Crippen LogP contribution is 2.65. The molecular weight excluding hydrogens is 525 g/mol. The number of hydrogen-bond acceptors (Lipinski definition) is 0. The van der Waals surface area contributed by atoms with E-state index in [1.165, 1.54) is 0 Å². The Morgan fingerprint density at radius 3 is 0.825 bits per heavy atom. The molecular formula is C37H30FP2+. The highest BCUT2D eigenvalue weighted by atomic mass is 31.2. The van der Waals surface area contributed by atoms with E-state index in [4.69, 9.17) is 0 Å². The average molecular weight is 556 g/mol. The van der Waals surface area contributed by atoms with E-state index in [-0.39, 0.29) is 5.29 Å². The van der Waals surface area contributed by atoms with Crippen LogP contribution in [0.25, 0.3) is 0 Å². The van der Waals surface area contributed by atoms with Crippen LogP contribution < -0.4 is 31.8 Å². The summed E-state index contributed by atoms with van der Waals surface area (Å²) in [5, 5.41) is 6.12. The van der Waals surface area contributed by atoms with Crippen molar-refractivity contribution in [2.45, 2.75) is 0 Å². The zero-order chi connectivity index (χ0) is 27.3. The van der Waals surface area contributed by atoms with E-state index < -0.39 is 14.1 Å². The van der Waals surface area contributed by atoms with E-state index in [0.717, 1.165) is 31.8 Å². The van der Waals surface area contributed by atoms with Gasteiger partial charge in [-0.2, -0.15) is 4.39 Å². The van der Waals surface area contributed by atoms with Crippen molar-refractivity contribution >= 4 is 51.3 Å². The van der Waals surface area contributed by atoms with E-state index in [1.54, 1.807) is 0 Å². The van der Waals surface area contributed by atoms with Gasteiger partial charge in [0.1, 0.15) is 15.9 Å². The van der Waals surface area contributed by atoms with Crippen LogP contribution in [-0.4, -0.2) is 5.29 Å². The van der Waals surface area contributed by atoms with Gasteiger partial charge in [-0.3, -0.25) is 0 Å². The first kappa shape index (κ1) is 26.2. The van der Waals surface area contributed by atoms with Crippen molar-refractivity contribution < 1.29 is 4.39 Å². The fraction of sp³-hybridized carbons (Fsp3) is 0. The maximum Gasteiger partial charge on any atom is 0.258 e. The maximum atomic E-state index is 19.2. The number of rotatable bonds is 7. The first-order valence-electron chi connectivity index (χ1n) is 13.4. The number of benzene rings is 6. The van der Waals surface area contributed by atoms with Crippen LogP contribution in [0.1, 0.15) is 0 Å². The van der Waals surface area contributed by atoms with Crippen LogP contribution in [0.3, 0.4) is 0 Å². The minimum atomic E-state index is -2.96. The number of hydrogen-bond donors (Lipinski definition) is 0. The third-order valence-corrected chi connectivity index (χ3v) is 16.8. The molecule has 0 spiro atoms. The standard InChI is InChI=1S/C37H30FP2/c38-37(39(31-19-7-1-8-20-31,32-21-9-2-10-22-32)33-23-11-3-12-24-33)40(34-25-13-4-14-26-34,35-27-15-5-16-28-35)36-29-17-6-18-30-36/h1-30H/q+1. The van der Waals surface area contributed by atoms with E-state index >= 15 is 4.39 Å². The smallest absolute Gasteiger partial charge is 0.163 e. The lowest BCUT2D eigenvalue weighted by molar-refractivity contribution is 0.849. The van der Waals surface area contributed by atoms with Gasteiger partial charge >= 0.3 is 0 Å². The van der Waals surface area contributed by atoms with Crippen molar-refractivity contribution in [1.82, 2.24) is 0 Å². The molecule has 40 heavy (non-hydrogen) atoms. The molecule has 0 amide bonds. The molecule has 0 nitrogen and oxygen atoms in total. The monoisotopic (exact) mass is 555 g/mol. The van der Waals surface area contributed by atoms with Crippen molar-refractivity contribution in [1.29, 1.82) is 0 Å². The minimum absolute atomic E-state index is 0.0483. The minimum Gasteiger partial charge on any atom is -0.163 e. The third kappa shape index (κ3) is 4.37. The lowest BCUT2D eigenvalue weighted by Gasteiger charge is -2.34. The van der Waals surface area contributed by atoms with Crippen LogP contribution in [0.15, 0.2) is 182 Å². The number of halogens is 1. The summed E-state index contributed by atoms with van der Waals surface area (Å²) in [5.41, 5.74) is 0. The molecule has 0 aliphatic rings. The fourth-order valence-electron chi connectivity index (χ4n) is 5.67. The molecule has 0 aliphatic heterocycles. The van der Waals surface area contributed by atoms with Gasteiger partial charge in [-0.15, -0.1) is 0 Å². The average Bonchev–Trinajstić information content (AvgIpc) is 3.05. The molecule has 0 saturated carbocycles. The Balaban J connectivity index is 1.94. The fourth-order valence-corrected chi connectivity index (χ4v) is 16.3. The molecule has 0 fully saturated rings. The summed E-state index contributed by atoms with van der Waals surface area (Å²) < 4.78 is 19.2. The highest BCUT2D eigenvalue weighted by molar-refractivity contribution is 8.19. The summed E-state index contributed by atoms with van der Waals surface area (Å²) >= 11 is 0. The molecule has 0 aliphatic carbocycles. The van der Waals surface area contributed by atoms with Gasteiger partial charge in [0.05, 0.1) is 6.89 Å². The van der Waals surface area contributed by atoms with Crippen LogP contribution in [0.5, 0.6) is 0 Å². The SMILES string of the molecule is FC(=P(c1ccccc1)(c1ccccc1)c1ccccc1)[P+](c1ccccc1)(c1ccccc1)c1ccccc1. The van der Waals surface area contributed by atoms with Gasteiger partial charge < -0.3 is 0 Å². The molecule has 0 radical (unpaired) electrons. The maximum absolute atomic E-state index is 19.2. The molecule has 0 N–H and O–H groups in total. The van der Waals surface area contributed by atoms with Gasteiger partial charge in [0, 0.05) is 0 Å². The van der Waals surface area contributed by atoms with Crippen molar-refractivity contribution in [2.75, 3.05) is 0 Å². The Morgan fingerprint density at radius 1 is 0.350 bits per heavy atom. The Bertz CT molecular complexity index is 1520. The van der Waals surface area contributed by atoms with Crippen molar-refractivity contribution in [3.8, 4) is 0 Å².